The molecular weight excluding hydrogens is 471 g/mol. The predicted octanol–water partition coefficient (Wildman–Crippen LogP) is 5.07. The molecule has 2 atom stereocenters. The van der Waals surface area contributed by atoms with Crippen LogP contribution in [0.15, 0.2) is 48.7 Å². The molecule has 2 amide bonds. The van der Waals surface area contributed by atoms with Gasteiger partial charge in [0.1, 0.15) is 11.8 Å². The van der Waals surface area contributed by atoms with Gasteiger partial charge in [-0.1, -0.05) is 18.7 Å². The molecule has 3 N–H and O–H groups in total. The van der Waals surface area contributed by atoms with Crippen molar-refractivity contribution in [3.8, 4) is 11.5 Å². The number of ether oxygens (including phenoxy) is 1. The van der Waals surface area contributed by atoms with Gasteiger partial charge in [-0.15, -0.1) is 0 Å². The van der Waals surface area contributed by atoms with Crippen molar-refractivity contribution in [2.24, 2.45) is 5.92 Å². The molecule has 8 heteroatoms. The molecule has 2 aromatic carbocycles. The maximum Gasteiger partial charge on any atom is 0.325 e. The number of aromatic amines is 1. The average Bonchev–Trinajstić information content (AvgIpc) is 3.61. The van der Waals surface area contributed by atoms with E-state index in [1.807, 2.05) is 15.9 Å². The Morgan fingerprint density at radius 2 is 2.11 bits per heavy atom. The zero-order valence-corrected chi connectivity index (χ0v) is 21.3. The van der Waals surface area contributed by atoms with Gasteiger partial charge in [-0.3, -0.25) is 4.90 Å². The molecule has 3 aliphatic rings. The Morgan fingerprint density at radius 1 is 1.30 bits per heavy atom. The van der Waals surface area contributed by atoms with Gasteiger partial charge in [0.05, 0.1) is 12.6 Å². The van der Waals surface area contributed by atoms with Crippen molar-refractivity contribution in [3.05, 3.63) is 71.3 Å². The van der Waals surface area contributed by atoms with Crippen molar-refractivity contribution in [2.75, 3.05) is 26.7 Å². The number of carbonyl (C=O) groups is 1. The molecular formula is C29H33FN4O3. The van der Waals surface area contributed by atoms with Crippen LogP contribution in [0.1, 0.15) is 49.0 Å². The Morgan fingerprint density at radius 3 is 2.84 bits per heavy atom. The smallest absolute Gasteiger partial charge is 0.325 e. The first-order chi connectivity index (χ1) is 17.8. The average molecular weight is 505 g/mol. The molecule has 1 saturated heterocycles. The van der Waals surface area contributed by atoms with Gasteiger partial charge in [0.2, 0.25) is 0 Å². The summed E-state index contributed by atoms with van der Waals surface area (Å²) < 4.78 is 19.9. The molecule has 0 unspecified atom stereocenters. The zero-order valence-electron chi connectivity index (χ0n) is 21.3. The third kappa shape index (κ3) is 3.85. The number of urea groups is 1. The number of amides is 2. The lowest BCUT2D eigenvalue weighted by molar-refractivity contribution is 0.134. The van der Waals surface area contributed by atoms with Gasteiger partial charge in [-0.05, 0) is 74.5 Å². The van der Waals surface area contributed by atoms with Crippen LogP contribution in [0.2, 0.25) is 0 Å². The van der Waals surface area contributed by atoms with E-state index in [-0.39, 0.29) is 17.5 Å². The number of phenols is 1. The number of hydrogen-bond donors (Lipinski definition) is 3. The minimum atomic E-state index is -0.682. The van der Waals surface area contributed by atoms with Crippen molar-refractivity contribution in [3.63, 3.8) is 0 Å². The van der Waals surface area contributed by atoms with E-state index in [1.54, 1.807) is 24.3 Å². The molecule has 6 rings (SSSR count). The van der Waals surface area contributed by atoms with Gasteiger partial charge < -0.3 is 25.0 Å². The monoisotopic (exact) mass is 504 g/mol. The first-order valence-electron chi connectivity index (χ1n) is 13.0. The Bertz CT molecular complexity index is 1400. The number of H-pyrrole nitrogens is 1. The number of carbonyl (C=O) groups excluding carboxylic acids is 1. The molecule has 1 aromatic heterocycles. The number of nitrogens with zero attached hydrogens (tertiary/aromatic N) is 2. The highest BCUT2D eigenvalue weighted by Gasteiger charge is 2.56. The lowest BCUT2D eigenvalue weighted by Gasteiger charge is -2.44. The van der Waals surface area contributed by atoms with E-state index in [0.717, 1.165) is 53.3 Å². The van der Waals surface area contributed by atoms with Crippen molar-refractivity contribution in [1.82, 2.24) is 20.1 Å². The first kappa shape index (κ1) is 23.9. The first-order valence-corrected chi connectivity index (χ1v) is 13.0. The lowest BCUT2D eigenvalue weighted by Crippen LogP contribution is -2.51. The van der Waals surface area contributed by atoms with Gasteiger partial charge >= 0.3 is 6.03 Å². The second-order valence-corrected chi connectivity index (χ2v) is 10.7. The summed E-state index contributed by atoms with van der Waals surface area (Å²) in [5.41, 5.74) is 3.33. The predicted molar refractivity (Wildman–Crippen MR) is 140 cm³/mol. The van der Waals surface area contributed by atoms with Crippen molar-refractivity contribution in [1.29, 1.82) is 0 Å². The van der Waals surface area contributed by atoms with E-state index in [0.29, 0.717) is 18.5 Å². The number of rotatable bonds is 8. The second kappa shape index (κ2) is 8.80. The van der Waals surface area contributed by atoms with E-state index in [1.165, 1.54) is 26.0 Å². The molecule has 3 aromatic rings. The van der Waals surface area contributed by atoms with E-state index in [2.05, 4.69) is 23.8 Å². The highest BCUT2D eigenvalue weighted by molar-refractivity contribution is 5.90. The summed E-state index contributed by atoms with van der Waals surface area (Å²) in [6, 6.07) is 9.56. The van der Waals surface area contributed by atoms with Crippen LogP contribution in [0.4, 0.5) is 9.18 Å². The van der Waals surface area contributed by atoms with Gasteiger partial charge in [0, 0.05) is 41.3 Å². The summed E-state index contributed by atoms with van der Waals surface area (Å²) in [6.07, 6.45) is 3.99. The van der Waals surface area contributed by atoms with Crippen LogP contribution in [-0.4, -0.2) is 58.2 Å². The summed E-state index contributed by atoms with van der Waals surface area (Å²) in [6.45, 7) is 8.95. The number of halogens is 1. The highest BCUT2D eigenvalue weighted by atomic mass is 19.1. The van der Waals surface area contributed by atoms with E-state index >= 15 is 0 Å². The van der Waals surface area contributed by atoms with E-state index < -0.39 is 17.4 Å². The maximum absolute atomic E-state index is 14.6. The fraction of sp³-hybridized carbons (Fsp3) is 0.414. The molecule has 3 heterocycles. The molecule has 37 heavy (non-hydrogen) atoms. The van der Waals surface area contributed by atoms with Crippen LogP contribution in [0.3, 0.4) is 0 Å². The van der Waals surface area contributed by atoms with Gasteiger partial charge in [0.25, 0.3) is 0 Å². The molecule has 1 aliphatic carbocycles. The third-order valence-electron chi connectivity index (χ3n) is 8.23. The maximum atomic E-state index is 14.6. The van der Waals surface area contributed by atoms with Gasteiger partial charge in [0.15, 0.2) is 11.6 Å². The van der Waals surface area contributed by atoms with Gasteiger partial charge in [-0.25, -0.2) is 9.18 Å². The topological polar surface area (TPSA) is 80.8 Å². The molecule has 0 spiro atoms. The standard InChI is InChI=1S/C29H33FN4O3/c1-17-29(2)15-22-21-13-25(37-3)23(30)14-24(21)32-26(22)27(19-6-4-7-20(35)12-19)34(29)28(36)33(17)11-5-10-31-16-18-8-9-18/h4,6-7,12-14,18,27,31-32,35H,1,5,8-11,15-16H2,2-3H3/t27-,29+/m1/s1. The van der Waals surface area contributed by atoms with Crippen LogP contribution in [0.5, 0.6) is 11.5 Å². The molecule has 7 nitrogen and oxygen atoms in total. The van der Waals surface area contributed by atoms with Crippen molar-refractivity contribution in [2.45, 2.75) is 44.2 Å². The van der Waals surface area contributed by atoms with Gasteiger partial charge in [-0.2, -0.15) is 0 Å². The number of fused-ring (bicyclic) bond motifs is 4. The SMILES string of the molecule is C=C1N(CCCNCC2CC2)C(=O)N2[C@H](c3cccc(O)c3)c3[nH]c4cc(F)c(OC)cc4c3C[C@@]12C. The number of phenolic OH excluding ortho intramolecular Hbond substituents is 1. The minimum absolute atomic E-state index is 0.101. The molecule has 1 saturated carbocycles. The number of hydrogen-bond acceptors (Lipinski definition) is 4. The lowest BCUT2D eigenvalue weighted by atomic mass is 9.80. The summed E-state index contributed by atoms with van der Waals surface area (Å²) in [7, 11) is 1.46. The quantitative estimate of drug-likeness (QED) is 0.375. The summed E-state index contributed by atoms with van der Waals surface area (Å²) in [5, 5.41) is 14.7. The third-order valence-corrected chi connectivity index (χ3v) is 8.23. The Balaban J connectivity index is 1.41. The number of aromatic nitrogens is 1. The molecule has 2 fully saturated rings. The number of methoxy groups -OCH3 is 1. The largest absolute Gasteiger partial charge is 0.508 e. The normalized spacial score (nSPS) is 23.1. The Hall–Kier alpha value is -3.52. The number of aromatic hydroxyl groups is 1. The zero-order chi connectivity index (χ0) is 25.9. The summed E-state index contributed by atoms with van der Waals surface area (Å²) >= 11 is 0. The number of benzene rings is 2. The Labute approximate surface area is 215 Å². The van der Waals surface area contributed by atoms with Crippen molar-refractivity contribution >= 4 is 16.9 Å². The molecule has 2 aliphatic heterocycles. The van der Waals surface area contributed by atoms with Crippen LogP contribution in [0, 0.1) is 11.7 Å². The van der Waals surface area contributed by atoms with Crippen molar-refractivity contribution < 1.29 is 19.0 Å². The summed E-state index contributed by atoms with van der Waals surface area (Å²) in [5.74, 6) is 0.670. The van der Waals surface area contributed by atoms with Crippen LogP contribution in [0.25, 0.3) is 10.9 Å². The fourth-order valence-electron chi connectivity index (χ4n) is 6.03. The van der Waals surface area contributed by atoms with E-state index in [4.69, 9.17) is 4.74 Å². The fourth-order valence-corrected chi connectivity index (χ4v) is 6.03. The van der Waals surface area contributed by atoms with Crippen LogP contribution in [-0.2, 0) is 6.42 Å². The second-order valence-electron chi connectivity index (χ2n) is 10.7. The minimum Gasteiger partial charge on any atom is -0.508 e. The van der Waals surface area contributed by atoms with Crippen LogP contribution >= 0.6 is 0 Å². The molecule has 194 valence electrons. The van der Waals surface area contributed by atoms with E-state index in [9.17, 15) is 14.3 Å². The highest BCUT2D eigenvalue weighted by Crippen LogP contribution is 2.52. The Kier molecular flexibility index (Phi) is 5.67. The summed E-state index contributed by atoms with van der Waals surface area (Å²) in [4.78, 5) is 21.1. The number of nitrogens with one attached hydrogen (secondary N) is 2. The molecule has 0 radical (unpaired) electrons. The molecule has 0 bridgehead atoms. The van der Waals surface area contributed by atoms with Crippen LogP contribution < -0.4 is 10.1 Å².